The Kier molecular flexibility index (Phi) is 5.87. The van der Waals surface area contributed by atoms with E-state index in [9.17, 15) is 14.7 Å². The van der Waals surface area contributed by atoms with Gasteiger partial charge in [0.1, 0.15) is 5.60 Å². The fourth-order valence-corrected chi connectivity index (χ4v) is 3.84. The molecular weight excluding hydrogens is 388 g/mol. The van der Waals surface area contributed by atoms with Gasteiger partial charge in [0.2, 0.25) is 6.79 Å². The Hall–Kier alpha value is -3.10. The van der Waals surface area contributed by atoms with Gasteiger partial charge >= 0.3 is 11.8 Å². The Morgan fingerprint density at radius 1 is 1.00 bits per heavy atom. The number of anilines is 1. The van der Waals surface area contributed by atoms with Crippen LogP contribution in [0.2, 0.25) is 0 Å². The number of rotatable bonds is 5. The molecule has 2 amide bonds. The highest BCUT2D eigenvalue weighted by Gasteiger charge is 2.39. The lowest BCUT2D eigenvalue weighted by Crippen LogP contribution is -2.49. The third kappa shape index (κ3) is 4.24. The summed E-state index contributed by atoms with van der Waals surface area (Å²) < 4.78 is 15.9. The number of amides is 2. The number of hydrogen-bond acceptors (Lipinski definition) is 6. The van der Waals surface area contributed by atoms with Crippen LogP contribution in [0.5, 0.6) is 11.5 Å². The van der Waals surface area contributed by atoms with Gasteiger partial charge in [-0.2, -0.15) is 0 Å². The number of carbonyl (C=O) groups excluding carboxylic acids is 2. The predicted molar refractivity (Wildman–Crippen MR) is 108 cm³/mol. The largest absolute Gasteiger partial charge is 0.454 e. The minimum Gasteiger partial charge on any atom is -0.454 e. The SMILES string of the molecule is O=C(NCC(O)(c1ccccc1)C1CCOCC1)C(=O)Nc1ccc2c(c1)OCO2. The summed E-state index contributed by atoms with van der Waals surface area (Å²) in [5, 5.41) is 16.6. The lowest BCUT2D eigenvalue weighted by atomic mass is 9.77. The molecule has 2 aliphatic rings. The molecular formula is C22H24N2O6. The van der Waals surface area contributed by atoms with Crippen LogP contribution in [0.4, 0.5) is 5.69 Å². The number of ether oxygens (including phenoxy) is 3. The predicted octanol–water partition coefficient (Wildman–Crippen LogP) is 1.78. The summed E-state index contributed by atoms with van der Waals surface area (Å²) in [5.74, 6) is -0.649. The molecule has 2 heterocycles. The summed E-state index contributed by atoms with van der Waals surface area (Å²) in [6, 6.07) is 14.1. The second-order valence-electron chi connectivity index (χ2n) is 7.38. The first kappa shape index (κ1) is 20.2. The summed E-state index contributed by atoms with van der Waals surface area (Å²) in [6.07, 6.45) is 1.34. The van der Waals surface area contributed by atoms with Crippen molar-refractivity contribution in [3.63, 3.8) is 0 Å². The van der Waals surface area contributed by atoms with Crippen molar-refractivity contribution in [2.45, 2.75) is 18.4 Å². The van der Waals surface area contributed by atoms with E-state index in [-0.39, 0.29) is 19.3 Å². The monoisotopic (exact) mass is 412 g/mol. The Morgan fingerprint density at radius 3 is 2.50 bits per heavy atom. The third-order valence-electron chi connectivity index (χ3n) is 5.53. The third-order valence-corrected chi connectivity index (χ3v) is 5.53. The molecule has 3 N–H and O–H groups in total. The lowest BCUT2D eigenvalue weighted by molar-refractivity contribution is -0.137. The van der Waals surface area contributed by atoms with E-state index in [1.165, 1.54) is 0 Å². The highest BCUT2D eigenvalue weighted by molar-refractivity contribution is 6.39. The maximum atomic E-state index is 12.4. The van der Waals surface area contributed by atoms with Crippen molar-refractivity contribution in [3.8, 4) is 11.5 Å². The van der Waals surface area contributed by atoms with Gasteiger partial charge in [-0.15, -0.1) is 0 Å². The number of aliphatic hydroxyl groups is 1. The average molecular weight is 412 g/mol. The first-order valence-electron chi connectivity index (χ1n) is 9.91. The van der Waals surface area contributed by atoms with Crippen molar-refractivity contribution in [3.05, 3.63) is 54.1 Å². The summed E-state index contributed by atoms with van der Waals surface area (Å²) in [5.41, 5.74) is -0.171. The van der Waals surface area contributed by atoms with Gasteiger partial charge in [-0.1, -0.05) is 30.3 Å². The lowest BCUT2D eigenvalue weighted by Gasteiger charge is -2.39. The van der Waals surface area contributed by atoms with Gasteiger partial charge in [0.25, 0.3) is 0 Å². The van der Waals surface area contributed by atoms with E-state index in [1.807, 2.05) is 30.3 Å². The van der Waals surface area contributed by atoms with Crippen molar-refractivity contribution >= 4 is 17.5 Å². The van der Waals surface area contributed by atoms with E-state index in [4.69, 9.17) is 14.2 Å². The molecule has 158 valence electrons. The van der Waals surface area contributed by atoms with Gasteiger partial charge in [0.15, 0.2) is 11.5 Å². The summed E-state index contributed by atoms with van der Waals surface area (Å²) in [6.45, 7) is 1.16. The zero-order valence-electron chi connectivity index (χ0n) is 16.4. The number of nitrogens with one attached hydrogen (secondary N) is 2. The van der Waals surface area contributed by atoms with Crippen LogP contribution in [0, 0.1) is 5.92 Å². The van der Waals surface area contributed by atoms with Gasteiger partial charge < -0.3 is 30.0 Å². The molecule has 0 aromatic heterocycles. The van der Waals surface area contributed by atoms with Crippen LogP contribution in [0.1, 0.15) is 18.4 Å². The number of benzene rings is 2. The van der Waals surface area contributed by atoms with Gasteiger partial charge in [-0.3, -0.25) is 9.59 Å². The van der Waals surface area contributed by atoms with Crippen LogP contribution in [-0.4, -0.2) is 43.5 Å². The minimum absolute atomic E-state index is 0.0743. The second-order valence-corrected chi connectivity index (χ2v) is 7.38. The molecule has 1 unspecified atom stereocenters. The van der Waals surface area contributed by atoms with Gasteiger partial charge in [-0.25, -0.2) is 0 Å². The Morgan fingerprint density at radius 2 is 1.73 bits per heavy atom. The second kappa shape index (κ2) is 8.73. The summed E-state index contributed by atoms with van der Waals surface area (Å²) >= 11 is 0. The molecule has 2 aromatic rings. The van der Waals surface area contributed by atoms with Crippen LogP contribution in [0.15, 0.2) is 48.5 Å². The highest BCUT2D eigenvalue weighted by atomic mass is 16.7. The molecule has 0 bridgehead atoms. The molecule has 0 saturated carbocycles. The summed E-state index contributed by atoms with van der Waals surface area (Å²) in [4.78, 5) is 24.8. The smallest absolute Gasteiger partial charge is 0.313 e. The van der Waals surface area contributed by atoms with E-state index >= 15 is 0 Å². The van der Waals surface area contributed by atoms with Crippen molar-refractivity contribution in [1.82, 2.24) is 5.32 Å². The molecule has 1 atom stereocenters. The van der Waals surface area contributed by atoms with E-state index in [0.717, 1.165) is 0 Å². The maximum Gasteiger partial charge on any atom is 0.313 e. The zero-order valence-corrected chi connectivity index (χ0v) is 16.4. The van der Waals surface area contributed by atoms with Gasteiger partial charge in [-0.05, 0) is 36.5 Å². The highest BCUT2D eigenvalue weighted by Crippen LogP contribution is 2.36. The van der Waals surface area contributed by atoms with Crippen LogP contribution >= 0.6 is 0 Å². The normalized spacial score (nSPS) is 17.8. The molecule has 30 heavy (non-hydrogen) atoms. The van der Waals surface area contributed by atoms with Crippen LogP contribution < -0.4 is 20.1 Å². The molecule has 0 aliphatic carbocycles. The van der Waals surface area contributed by atoms with E-state index in [1.54, 1.807) is 18.2 Å². The maximum absolute atomic E-state index is 12.4. The average Bonchev–Trinajstić information content (AvgIpc) is 3.26. The molecule has 2 aromatic carbocycles. The van der Waals surface area contributed by atoms with E-state index in [0.29, 0.717) is 48.8 Å². The first-order chi connectivity index (χ1) is 14.6. The molecule has 8 heteroatoms. The molecule has 0 radical (unpaired) electrons. The van der Waals surface area contributed by atoms with Crippen molar-refractivity contribution < 1.29 is 28.9 Å². The van der Waals surface area contributed by atoms with Crippen molar-refractivity contribution in [2.75, 3.05) is 31.9 Å². The molecule has 4 rings (SSSR count). The van der Waals surface area contributed by atoms with Crippen LogP contribution in [-0.2, 0) is 19.9 Å². The molecule has 2 aliphatic heterocycles. The topological polar surface area (TPSA) is 106 Å². The molecule has 1 saturated heterocycles. The Balaban J connectivity index is 1.42. The molecule has 8 nitrogen and oxygen atoms in total. The van der Waals surface area contributed by atoms with E-state index < -0.39 is 17.4 Å². The minimum atomic E-state index is -1.29. The standard InChI is InChI=1S/C22H24N2O6/c25-20(21(26)24-17-6-7-18-19(12-17)30-14-29-18)23-13-22(27,15-4-2-1-3-5-15)16-8-10-28-11-9-16/h1-7,12,16,27H,8-11,13-14H2,(H,23,25)(H,24,26). The fourth-order valence-electron chi connectivity index (χ4n) is 3.84. The van der Waals surface area contributed by atoms with E-state index in [2.05, 4.69) is 10.6 Å². The molecule has 1 fully saturated rings. The van der Waals surface area contributed by atoms with Gasteiger partial charge in [0, 0.05) is 25.0 Å². The van der Waals surface area contributed by atoms with Crippen LogP contribution in [0.25, 0.3) is 0 Å². The fraction of sp³-hybridized carbons (Fsp3) is 0.364. The van der Waals surface area contributed by atoms with Crippen molar-refractivity contribution in [1.29, 1.82) is 0 Å². The number of carbonyl (C=O) groups is 2. The van der Waals surface area contributed by atoms with Gasteiger partial charge in [0.05, 0.1) is 6.54 Å². The Labute approximate surface area is 174 Å². The van der Waals surface area contributed by atoms with Crippen molar-refractivity contribution in [2.24, 2.45) is 5.92 Å². The summed E-state index contributed by atoms with van der Waals surface area (Å²) in [7, 11) is 0. The quantitative estimate of drug-likeness (QED) is 0.647. The Bertz CT molecular complexity index is 913. The van der Waals surface area contributed by atoms with Crippen LogP contribution in [0.3, 0.4) is 0 Å². The molecule has 0 spiro atoms. The number of hydrogen-bond donors (Lipinski definition) is 3. The zero-order chi connectivity index (χ0) is 21.0. The first-order valence-corrected chi connectivity index (χ1v) is 9.91. The number of fused-ring (bicyclic) bond motifs is 1.